The minimum Gasteiger partial charge on any atom is -0.480 e. The highest BCUT2D eigenvalue weighted by atomic mass is 35.5. The number of hydrogen-bond donors (Lipinski definition) is 1. The second-order valence-electron chi connectivity index (χ2n) is 6.06. The first-order valence-electron chi connectivity index (χ1n) is 7.32. The van der Waals surface area contributed by atoms with Gasteiger partial charge in [-0.2, -0.15) is 0 Å². The number of likely N-dealkylation sites (tertiary alicyclic amines) is 1. The van der Waals surface area contributed by atoms with Gasteiger partial charge >= 0.3 is 5.97 Å². The first-order chi connectivity index (χ1) is 9.58. The minimum atomic E-state index is -0.666. The van der Waals surface area contributed by atoms with E-state index in [9.17, 15) is 9.90 Å². The molecule has 0 aromatic heterocycles. The summed E-state index contributed by atoms with van der Waals surface area (Å²) in [6, 6.07) is 7.55. The maximum Gasteiger partial charge on any atom is 0.321 e. The second-order valence-corrected chi connectivity index (χ2v) is 6.50. The van der Waals surface area contributed by atoms with E-state index in [4.69, 9.17) is 11.6 Å². The van der Waals surface area contributed by atoms with Gasteiger partial charge in [0.2, 0.25) is 0 Å². The maximum absolute atomic E-state index is 11.7. The molecule has 108 valence electrons. The number of carboxylic acids is 1. The molecule has 3 nitrogen and oxygen atoms in total. The van der Waals surface area contributed by atoms with Crippen LogP contribution in [0.3, 0.4) is 0 Å². The summed E-state index contributed by atoms with van der Waals surface area (Å²) in [7, 11) is 0. The second kappa shape index (κ2) is 5.38. The molecular formula is C16H20ClNO2. The van der Waals surface area contributed by atoms with Crippen LogP contribution in [0.2, 0.25) is 5.02 Å². The smallest absolute Gasteiger partial charge is 0.321 e. The van der Waals surface area contributed by atoms with Gasteiger partial charge in [-0.15, -0.1) is 0 Å². The molecule has 0 bridgehead atoms. The Hall–Kier alpha value is -1.06. The normalized spacial score (nSPS) is 31.2. The van der Waals surface area contributed by atoms with E-state index >= 15 is 0 Å². The fraction of sp³-hybridized carbons (Fsp3) is 0.562. The lowest BCUT2D eigenvalue weighted by Crippen LogP contribution is -2.41. The molecule has 1 saturated carbocycles. The number of carbonyl (C=O) groups is 1. The van der Waals surface area contributed by atoms with E-state index < -0.39 is 5.97 Å². The average molecular weight is 294 g/mol. The largest absolute Gasteiger partial charge is 0.480 e. The van der Waals surface area contributed by atoms with Gasteiger partial charge in [0, 0.05) is 17.6 Å². The van der Waals surface area contributed by atoms with Crippen LogP contribution in [0.5, 0.6) is 0 Å². The third-order valence-corrected chi connectivity index (χ3v) is 5.28. The molecule has 4 heteroatoms. The molecule has 0 radical (unpaired) electrons. The molecule has 1 saturated heterocycles. The predicted octanol–water partition coefficient (Wildman–Crippen LogP) is 3.59. The van der Waals surface area contributed by atoms with Crippen molar-refractivity contribution in [3.05, 3.63) is 34.9 Å². The van der Waals surface area contributed by atoms with Crippen molar-refractivity contribution in [2.75, 3.05) is 6.54 Å². The summed E-state index contributed by atoms with van der Waals surface area (Å²) in [6.07, 6.45) is 3.42. The van der Waals surface area contributed by atoms with Gasteiger partial charge in [0.05, 0.1) is 0 Å². The molecule has 4 unspecified atom stereocenters. The highest BCUT2D eigenvalue weighted by Crippen LogP contribution is 2.45. The maximum atomic E-state index is 11.7. The molecule has 1 aromatic rings. The molecule has 20 heavy (non-hydrogen) atoms. The van der Waals surface area contributed by atoms with Crippen LogP contribution in [0.25, 0.3) is 0 Å². The van der Waals surface area contributed by atoms with Crippen LogP contribution in [0.1, 0.15) is 37.8 Å². The van der Waals surface area contributed by atoms with Crippen molar-refractivity contribution in [2.45, 2.75) is 38.3 Å². The third kappa shape index (κ3) is 2.33. The van der Waals surface area contributed by atoms with E-state index in [1.807, 2.05) is 24.3 Å². The van der Waals surface area contributed by atoms with Gasteiger partial charge in [-0.05, 0) is 49.3 Å². The van der Waals surface area contributed by atoms with Crippen LogP contribution >= 0.6 is 11.6 Å². The summed E-state index contributed by atoms with van der Waals surface area (Å²) in [5, 5.41) is 10.3. The molecule has 1 aliphatic carbocycles. The zero-order valence-electron chi connectivity index (χ0n) is 11.6. The molecule has 1 aliphatic heterocycles. The monoisotopic (exact) mass is 293 g/mol. The molecule has 0 spiro atoms. The number of nitrogens with zero attached hydrogens (tertiary/aromatic N) is 1. The van der Waals surface area contributed by atoms with Gasteiger partial charge in [0.1, 0.15) is 6.04 Å². The van der Waals surface area contributed by atoms with Gasteiger partial charge in [-0.3, -0.25) is 9.69 Å². The Balaban J connectivity index is 1.84. The Kier molecular flexibility index (Phi) is 3.74. The average Bonchev–Trinajstić information content (AvgIpc) is 2.97. The van der Waals surface area contributed by atoms with Gasteiger partial charge < -0.3 is 5.11 Å². The Morgan fingerprint density at radius 2 is 2.05 bits per heavy atom. The van der Waals surface area contributed by atoms with Crippen molar-refractivity contribution < 1.29 is 9.90 Å². The number of hydrogen-bond acceptors (Lipinski definition) is 2. The number of aliphatic carboxylic acids is 1. The number of fused-ring (bicyclic) bond motifs is 1. The van der Waals surface area contributed by atoms with E-state index in [1.54, 1.807) is 0 Å². The number of halogens is 1. The predicted molar refractivity (Wildman–Crippen MR) is 78.8 cm³/mol. The third-order valence-electron chi connectivity index (χ3n) is 5.03. The molecule has 2 aliphatic rings. The van der Waals surface area contributed by atoms with E-state index in [1.165, 1.54) is 12.8 Å². The van der Waals surface area contributed by atoms with Crippen molar-refractivity contribution in [1.82, 2.24) is 4.90 Å². The minimum absolute atomic E-state index is 0.124. The van der Waals surface area contributed by atoms with Crippen LogP contribution in [0.4, 0.5) is 0 Å². The molecule has 1 aromatic carbocycles. The Morgan fingerprint density at radius 1 is 1.35 bits per heavy atom. The topological polar surface area (TPSA) is 40.5 Å². The highest BCUT2D eigenvalue weighted by molar-refractivity contribution is 6.30. The van der Waals surface area contributed by atoms with Crippen LogP contribution in [0, 0.1) is 11.8 Å². The summed E-state index contributed by atoms with van der Waals surface area (Å²) >= 11 is 5.93. The van der Waals surface area contributed by atoms with Crippen LogP contribution in [-0.4, -0.2) is 28.6 Å². The first kappa shape index (κ1) is 13.9. The highest BCUT2D eigenvalue weighted by Gasteiger charge is 2.49. The van der Waals surface area contributed by atoms with Crippen LogP contribution < -0.4 is 0 Å². The quantitative estimate of drug-likeness (QED) is 0.926. The van der Waals surface area contributed by atoms with E-state index in [0.717, 1.165) is 18.5 Å². The van der Waals surface area contributed by atoms with E-state index in [-0.39, 0.29) is 12.1 Å². The van der Waals surface area contributed by atoms with Crippen molar-refractivity contribution >= 4 is 17.6 Å². The number of rotatable bonds is 3. The summed E-state index contributed by atoms with van der Waals surface area (Å²) in [5.74, 6) is 0.230. The summed E-state index contributed by atoms with van der Waals surface area (Å²) < 4.78 is 0. The van der Waals surface area contributed by atoms with Crippen molar-refractivity contribution in [3.63, 3.8) is 0 Å². The van der Waals surface area contributed by atoms with Crippen LogP contribution in [0.15, 0.2) is 24.3 Å². The summed E-state index contributed by atoms with van der Waals surface area (Å²) in [6.45, 7) is 3.01. The lowest BCUT2D eigenvalue weighted by Gasteiger charge is -2.30. The molecule has 1 heterocycles. The van der Waals surface area contributed by atoms with Gasteiger partial charge in [0.25, 0.3) is 0 Å². The number of carboxylic acid groups (broad SMARTS) is 1. The Labute approximate surface area is 124 Å². The summed E-state index contributed by atoms with van der Waals surface area (Å²) in [4.78, 5) is 13.8. The van der Waals surface area contributed by atoms with Gasteiger partial charge in [0.15, 0.2) is 0 Å². The molecular weight excluding hydrogens is 274 g/mol. The lowest BCUT2D eigenvalue weighted by atomic mass is 9.94. The zero-order chi connectivity index (χ0) is 14.3. The zero-order valence-corrected chi connectivity index (χ0v) is 12.4. The lowest BCUT2D eigenvalue weighted by molar-refractivity contribution is -0.144. The number of benzene rings is 1. The molecule has 1 N–H and O–H groups in total. The molecule has 2 fully saturated rings. The van der Waals surface area contributed by atoms with Crippen LogP contribution in [-0.2, 0) is 4.79 Å². The Morgan fingerprint density at radius 3 is 2.70 bits per heavy atom. The first-order valence-corrected chi connectivity index (χ1v) is 7.69. The van der Waals surface area contributed by atoms with E-state index in [0.29, 0.717) is 16.9 Å². The Bertz CT molecular complexity index is 502. The van der Waals surface area contributed by atoms with Crippen molar-refractivity contribution in [1.29, 1.82) is 0 Å². The molecule has 4 atom stereocenters. The van der Waals surface area contributed by atoms with Crippen molar-refractivity contribution in [3.8, 4) is 0 Å². The SMILES string of the molecule is CC(c1ccc(Cl)cc1)N1CC2CCCC2C1C(=O)O. The standard InChI is InChI=1S/C16H20ClNO2/c1-10(11-5-7-13(17)8-6-11)18-9-12-3-2-4-14(12)15(18)16(19)20/h5-8,10,12,14-15H,2-4,9H2,1H3,(H,19,20). The molecule has 3 rings (SSSR count). The van der Waals surface area contributed by atoms with Crippen molar-refractivity contribution in [2.24, 2.45) is 11.8 Å². The fourth-order valence-electron chi connectivity index (χ4n) is 3.99. The van der Waals surface area contributed by atoms with Gasteiger partial charge in [-0.1, -0.05) is 30.2 Å². The summed E-state index contributed by atoms with van der Waals surface area (Å²) in [5.41, 5.74) is 1.14. The fourth-order valence-corrected chi connectivity index (χ4v) is 4.12. The molecule has 0 amide bonds. The van der Waals surface area contributed by atoms with E-state index in [2.05, 4.69) is 11.8 Å². The van der Waals surface area contributed by atoms with Gasteiger partial charge in [-0.25, -0.2) is 0 Å².